The zero-order chi connectivity index (χ0) is 20.1. The molecule has 2 heterocycles. The second-order valence-electron chi connectivity index (χ2n) is 7.24. The fraction of sp³-hybridized carbons (Fsp3) is 0.389. The van der Waals surface area contributed by atoms with E-state index in [1.54, 1.807) is 36.3 Å². The molecule has 1 N–H and O–H groups in total. The van der Waals surface area contributed by atoms with Crippen LogP contribution in [0.2, 0.25) is 0 Å². The summed E-state index contributed by atoms with van der Waals surface area (Å²) in [6.45, 7) is 1.97. The number of aromatic nitrogens is 2. The van der Waals surface area contributed by atoms with Gasteiger partial charge in [0.15, 0.2) is 5.84 Å². The molecule has 1 aromatic carbocycles. The van der Waals surface area contributed by atoms with Crippen molar-refractivity contribution in [2.75, 3.05) is 13.6 Å². The van der Waals surface area contributed by atoms with Crippen LogP contribution < -0.4 is 5.32 Å². The van der Waals surface area contributed by atoms with Gasteiger partial charge in [-0.1, -0.05) is 12.1 Å². The molecule has 0 radical (unpaired) electrons. The number of amides is 1. The maximum Gasteiger partial charge on any atom is 0.285 e. The van der Waals surface area contributed by atoms with Crippen molar-refractivity contribution in [3.8, 4) is 0 Å². The fourth-order valence-corrected chi connectivity index (χ4v) is 5.15. The number of nitrogens with one attached hydrogen (secondary N) is 1. The molecule has 1 unspecified atom stereocenters. The Balaban J connectivity index is 1.45. The normalized spacial score (nSPS) is 19.5. The zero-order valence-electron chi connectivity index (χ0n) is 15.5. The van der Waals surface area contributed by atoms with E-state index in [0.29, 0.717) is 5.56 Å². The molecule has 1 saturated carbocycles. The van der Waals surface area contributed by atoms with E-state index in [0.717, 1.165) is 17.3 Å². The summed E-state index contributed by atoms with van der Waals surface area (Å²) in [6.07, 6.45) is 5.53. The van der Waals surface area contributed by atoms with E-state index in [2.05, 4.69) is 30.7 Å². The summed E-state index contributed by atoms with van der Waals surface area (Å²) >= 11 is 3.41. The van der Waals surface area contributed by atoms with Crippen LogP contribution >= 0.6 is 15.9 Å². The molecule has 2 aromatic rings. The molecule has 0 spiro atoms. The van der Waals surface area contributed by atoms with Crippen LogP contribution in [0.15, 0.2) is 50.4 Å². The Morgan fingerprint density at radius 1 is 1.39 bits per heavy atom. The van der Waals surface area contributed by atoms with Gasteiger partial charge in [-0.2, -0.15) is 13.5 Å². The Morgan fingerprint density at radius 2 is 2.11 bits per heavy atom. The number of rotatable bonds is 5. The smallest absolute Gasteiger partial charge is 0.285 e. The molecule has 0 saturated heterocycles. The number of hydrogen-bond acceptors (Lipinski definition) is 5. The summed E-state index contributed by atoms with van der Waals surface area (Å²) in [4.78, 5) is 14.3. The van der Waals surface area contributed by atoms with Crippen molar-refractivity contribution in [3.05, 3.63) is 46.7 Å². The number of sulfonamides is 1. The summed E-state index contributed by atoms with van der Waals surface area (Å²) in [7, 11) is -2.04. The quantitative estimate of drug-likeness (QED) is 0.724. The van der Waals surface area contributed by atoms with E-state index in [1.807, 2.05) is 17.8 Å². The molecule has 1 aliphatic heterocycles. The highest BCUT2D eigenvalue weighted by Crippen LogP contribution is 2.46. The molecule has 0 bridgehead atoms. The Morgan fingerprint density at radius 3 is 2.75 bits per heavy atom. The molecular weight excluding hydrogens is 446 g/mol. The fourth-order valence-electron chi connectivity index (χ4n) is 3.61. The summed E-state index contributed by atoms with van der Waals surface area (Å²) < 4.78 is 31.0. The van der Waals surface area contributed by atoms with Crippen molar-refractivity contribution in [1.82, 2.24) is 20.0 Å². The van der Waals surface area contributed by atoms with Crippen LogP contribution in [0.5, 0.6) is 0 Å². The lowest BCUT2D eigenvalue weighted by molar-refractivity contribution is -0.122. The van der Waals surface area contributed by atoms with Gasteiger partial charge in [0.1, 0.15) is 4.90 Å². The SMILES string of the molecule is CC(NC(=O)CN(C)C1=NS(=O)(=O)c2ccccc21)C1(n2cc(Br)cn2)CC1. The zero-order valence-corrected chi connectivity index (χ0v) is 17.9. The number of amidine groups is 1. The van der Waals surface area contributed by atoms with Crippen LogP contribution in [0.25, 0.3) is 0 Å². The highest BCUT2D eigenvalue weighted by atomic mass is 79.9. The number of halogens is 1. The number of likely N-dealkylation sites (N-methyl/N-ethyl adjacent to an activating group) is 1. The third-order valence-corrected chi connectivity index (χ3v) is 7.04. The third kappa shape index (κ3) is 3.24. The number of carbonyl (C=O) groups is 1. The van der Waals surface area contributed by atoms with Gasteiger partial charge < -0.3 is 10.2 Å². The molecule has 1 atom stereocenters. The van der Waals surface area contributed by atoms with Crippen molar-refractivity contribution in [1.29, 1.82) is 0 Å². The van der Waals surface area contributed by atoms with E-state index < -0.39 is 10.0 Å². The van der Waals surface area contributed by atoms with E-state index in [-0.39, 0.29) is 34.8 Å². The first-order valence-electron chi connectivity index (χ1n) is 8.88. The molecule has 2 aliphatic rings. The van der Waals surface area contributed by atoms with Crippen LogP contribution in [-0.4, -0.2) is 54.5 Å². The van der Waals surface area contributed by atoms with Crippen molar-refractivity contribution in [2.24, 2.45) is 4.40 Å². The van der Waals surface area contributed by atoms with Gasteiger partial charge in [-0.15, -0.1) is 4.40 Å². The maximum atomic E-state index is 12.6. The van der Waals surface area contributed by atoms with Crippen LogP contribution in [-0.2, 0) is 20.4 Å². The molecule has 10 heteroatoms. The minimum atomic E-state index is -3.71. The first-order chi connectivity index (χ1) is 13.2. The average molecular weight is 466 g/mol. The van der Waals surface area contributed by atoms with Crippen LogP contribution in [0.3, 0.4) is 0 Å². The van der Waals surface area contributed by atoms with Gasteiger partial charge in [0.2, 0.25) is 5.91 Å². The van der Waals surface area contributed by atoms with Crippen molar-refractivity contribution >= 4 is 37.7 Å². The molecule has 1 aliphatic carbocycles. The summed E-state index contributed by atoms with van der Waals surface area (Å²) in [5, 5.41) is 7.39. The molecule has 8 nitrogen and oxygen atoms in total. The van der Waals surface area contributed by atoms with Gasteiger partial charge in [-0.3, -0.25) is 9.48 Å². The first-order valence-corrected chi connectivity index (χ1v) is 11.1. The lowest BCUT2D eigenvalue weighted by Crippen LogP contribution is -2.48. The van der Waals surface area contributed by atoms with Crippen molar-refractivity contribution in [2.45, 2.75) is 36.2 Å². The summed E-state index contributed by atoms with van der Waals surface area (Å²) in [5.74, 6) is 0.0903. The number of nitrogens with zero attached hydrogens (tertiary/aromatic N) is 4. The molecular formula is C18H20BrN5O3S. The highest BCUT2D eigenvalue weighted by Gasteiger charge is 2.50. The second kappa shape index (κ2) is 6.70. The predicted octanol–water partition coefficient (Wildman–Crippen LogP) is 1.72. The Labute approximate surface area is 171 Å². The topological polar surface area (TPSA) is 96.7 Å². The van der Waals surface area contributed by atoms with Gasteiger partial charge in [0.05, 0.1) is 28.8 Å². The maximum absolute atomic E-state index is 12.6. The van der Waals surface area contributed by atoms with Gasteiger partial charge >= 0.3 is 0 Å². The van der Waals surface area contributed by atoms with Crippen LogP contribution in [0, 0.1) is 0 Å². The molecule has 4 rings (SSSR count). The number of hydrogen-bond donors (Lipinski definition) is 1. The van der Waals surface area contributed by atoms with Crippen molar-refractivity contribution < 1.29 is 13.2 Å². The van der Waals surface area contributed by atoms with E-state index in [9.17, 15) is 13.2 Å². The van der Waals surface area contributed by atoms with Gasteiger partial charge in [-0.25, -0.2) is 0 Å². The monoisotopic (exact) mass is 465 g/mol. The van der Waals surface area contributed by atoms with E-state index in [4.69, 9.17) is 0 Å². The average Bonchev–Trinajstić information content (AvgIpc) is 3.26. The molecule has 1 fully saturated rings. The minimum Gasteiger partial charge on any atom is -0.350 e. The van der Waals surface area contributed by atoms with E-state index >= 15 is 0 Å². The van der Waals surface area contributed by atoms with Crippen molar-refractivity contribution in [3.63, 3.8) is 0 Å². The summed E-state index contributed by atoms with van der Waals surface area (Å²) in [5.41, 5.74) is 0.312. The molecule has 1 amide bonds. The standard InChI is InChI=1S/C18H20BrN5O3S/c1-12(18(7-8-18)24-10-13(19)9-20-24)21-16(25)11-23(2)17-14-5-3-4-6-15(14)28(26,27)22-17/h3-6,9-10,12H,7-8,11H2,1-2H3,(H,21,25). The first kappa shape index (κ1) is 19.1. The van der Waals surface area contributed by atoms with Gasteiger partial charge in [-0.05, 0) is 47.8 Å². The Hall–Kier alpha value is -2.20. The van der Waals surface area contributed by atoms with Gasteiger partial charge in [0, 0.05) is 18.8 Å². The van der Waals surface area contributed by atoms with E-state index in [1.165, 1.54) is 6.07 Å². The summed E-state index contributed by atoms with van der Waals surface area (Å²) in [6, 6.07) is 6.53. The molecule has 1 aromatic heterocycles. The number of benzene rings is 1. The van der Waals surface area contributed by atoms with Crippen LogP contribution in [0.4, 0.5) is 0 Å². The minimum absolute atomic E-state index is 0.00586. The number of carbonyl (C=O) groups excluding carboxylic acids is 1. The van der Waals surface area contributed by atoms with Gasteiger partial charge in [0.25, 0.3) is 10.0 Å². The predicted molar refractivity (Wildman–Crippen MR) is 108 cm³/mol. The second-order valence-corrected chi connectivity index (χ2v) is 9.73. The Kier molecular flexibility index (Phi) is 4.58. The lowest BCUT2D eigenvalue weighted by Gasteiger charge is -2.26. The number of fused-ring (bicyclic) bond motifs is 1. The highest BCUT2D eigenvalue weighted by molar-refractivity contribution is 9.10. The van der Waals surface area contributed by atoms with Crippen LogP contribution in [0.1, 0.15) is 25.3 Å². The molecule has 148 valence electrons. The lowest BCUT2D eigenvalue weighted by atomic mass is 10.1. The Bertz CT molecular complexity index is 1070. The molecule has 28 heavy (non-hydrogen) atoms. The third-order valence-electron chi connectivity index (χ3n) is 5.31. The largest absolute Gasteiger partial charge is 0.350 e.